The van der Waals surface area contributed by atoms with Crippen molar-refractivity contribution in [3.8, 4) is 0 Å². The highest BCUT2D eigenvalue weighted by atomic mass is 16.2. The molecule has 0 fully saturated rings. The van der Waals surface area contributed by atoms with Gasteiger partial charge in [0.25, 0.3) is 17.7 Å². The van der Waals surface area contributed by atoms with Gasteiger partial charge in [0.15, 0.2) is 5.78 Å². The van der Waals surface area contributed by atoms with E-state index >= 15 is 0 Å². The van der Waals surface area contributed by atoms with Crippen LogP contribution in [0, 0.1) is 0 Å². The molecular formula is C27H17N3O4. The van der Waals surface area contributed by atoms with Gasteiger partial charge in [0.1, 0.15) is 0 Å². The standard InChI is InChI=1S/C27H17N3O4/c28-22-16-5-1-2-6-17(16)24(31)21-20(22)25(32)29-23(21)15-11-9-14(10-12-15)13-30-26(33)18-7-3-4-8-19(18)27(30)34/h1-12H,13,28H2,(H,29,32). The van der Waals surface area contributed by atoms with Gasteiger partial charge in [0, 0.05) is 11.1 Å². The molecule has 3 N–H and O–H groups in total. The third-order valence-electron chi connectivity index (χ3n) is 6.39. The summed E-state index contributed by atoms with van der Waals surface area (Å²) >= 11 is 0. The maximum absolute atomic E-state index is 13.2. The maximum Gasteiger partial charge on any atom is 0.261 e. The zero-order valence-electron chi connectivity index (χ0n) is 17.8. The summed E-state index contributed by atoms with van der Waals surface area (Å²) in [6, 6.07) is 20.7. The Morgan fingerprint density at radius 3 is 1.85 bits per heavy atom. The van der Waals surface area contributed by atoms with Gasteiger partial charge in [-0.2, -0.15) is 0 Å². The summed E-state index contributed by atoms with van der Waals surface area (Å²) in [5.41, 5.74) is 10.6. The van der Waals surface area contributed by atoms with Crippen LogP contribution < -0.4 is 11.1 Å². The Hall–Kier alpha value is -4.78. The lowest BCUT2D eigenvalue weighted by molar-refractivity contribution is -0.115. The first kappa shape index (κ1) is 19.9. The molecule has 0 spiro atoms. The van der Waals surface area contributed by atoms with Crippen LogP contribution in [0.25, 0.3) is 11.4 Å². The van der Waals surface area contributed by atoms with Crippen molar-refractivity contribution >= 4 is 34.9 Å². The number of carbonyl (C=O) groups excluding carboxylic acids is 4. The molecule has 6 rings (SSSR count). The number of Topliss-reactive ketones (excluding diaryl/α,β-unsaturated/α-hetero) is 1. The summed E-state index contributed by atoms with van der Waals surface area (Å²) in [5, 5.41) is 2.79. The number of benzene rings is 3. The zero-order chi connectivity index (χ0) is 23.6. The van der Waals surface area contributed by atoms with Crippen LogP contribution >= 0.6 is 0 Å². The Morgan fingerprint density at radius 1 is 0.676 bits per heavy atom. The van der Waals surface area contributed by atoms with E-state index in [1.165, 1.54) is 4.90 Å². The van der Waals surface area contributed by atoms with Crippen LogP contribution in [0.15, 0.2) is 83.9 Å². The van der Waals surface area contributed by atoms with E-state index in [0.717, 1.165) is 5.56 Å². The minimum absolute atomic E-state index is 0.120. The molecule has 0 aromatic heterocycles. The first-order valence-corrected chi connectivity index (χ1v) is 10.7. The maximum atomic E-state index is 13.2. The summed E-state index contributed by atoms with van der Waals surface area (Å²) in [6.45, 7) is 0.120. The number of carbonyl (C=O) groups is 4. The molecule has 7 nitrogen and oxygen atoms in total. The number of rotatable bonds is 3. The van der Waals surface area contributed by atoms with Gasteiger partial charge in [-0.05, 0) is 23.3 Å². The second-order valence-corrected chi connectivity index (χ2v) is 8.31. The Kier molecular flexibility index (Phi) is 4.16. The Labute approximate surface area is 194 Å². The normalized spacial score (nSPS) is 16.6. The summed E-state index contributed by atoms with van der Waals surface area (Å²) in [5.74, 6) is -1.33. The second-order valence-electron chi connectivity index (χ2n) is 8.31. The van der Waals surface area contributed by atoms with E-state index in [1.54, 1.807) is 72.8 Å². The van der Waals surface area contributed by atoms with Crippen molar-refractivity contribution in [2.24, 2.45) is 5.73 Å². The van der Waals surface area contributed by atoms with Gasteiger partial charge in [-0.25, -0.2) is 0 Å². The molecule has 1 aliphatic carbocycles. The lowest BCUT2D eigenvalue weighted by atomic mass is 9.84. The molecule has 2 heterocycles. The highest BCUT2D eigenvalue weighted by Crippen LogP contribution is 2.39. The molecule has 0 saturated carbocycles. The molecule has 34 heavy (non-hydrogen) atoms. The van der Waals surface area contributed by atoms with Crippen molar-refractivity contribution in [2.45, 2.75) is 6.54 Å². The lowest BCUT2D eigenvalue weighted by Gasteiger charge is -2.18. The highest BCUT2D eigenvalue weighted by Gasteiger charge is 2.40. The van der Waals surface area contributed by atoms with Crippen LogP contribution in [0.1, 0.15) is 47.8 Å². The third kappa shape index (κ3) is 2.70. The Morgan fingerprint density at radius 2 is 1.24 bits per heavy atom. The number of nitrogens with zero attached hydrogens (tertiary/aromatic N) is 1. The van der Waals surface area contributed by atoms with E-state index < -0.39 is 5.91 Å². The molecule has 2 aliphatic heterocycles. The van der Waals surface area contributed by atoms with E-state index in [2.05, 4.69) is 5.32 Å². The number of ketones is 1. The van der Waals surface area contributed by atoms with E-state index in [1.807, 2.05) is 0 Å². The summed E-state index contributed by atoms with van der Waals surface area (Å²) in [4.78, 5) is 52.4. The average Bonchev–Trinajstić information content (AvgIpc) is 3.33. The topological polar surface area (TPSA) is 110 Å². The molecular weight excluding hydrogens is 430 g/mol. The van der Waals surface area contributed by atoms with E-state index in [0.29, 0.717) is 33.5 Å². The monoisotopic (exact) mass is 447 g/mol. The fourth-order valence-electron chi connectivity index (χ4n) is 4.71. The van der Waals surface area contributed by atoms with Crippen LogP contribution in [0.3, 0.4) is 0 Å². The molecule has 0 radical (unpaired) electrons. The number of nitrogens with one attached hydrogen (secondary N) is 1. The van der Waals surface area contributed by atoms with Crippen molar-refractivity contribution in [3.63, 3.8) is 0 Å². The second kappa shape index (κ2) is 7.11. The van der Waals surface area contributed by atoms with Crippen LogP contribution in [0.4, 0.5) is 0 Å². The first-order valence-electron chi connectivity index (χ1n) is 10.7. The smallest absolute Gasteiger partial charge is 0.261 e. The highest BCUT2D eigenvalue weighted by molar-refractivity contribution is 6.32. The quantitative estimate of drug-likeness (QED) is 0.600. The van der Waals surface area contributed by atoms with Crippen molar-refractivity contribution in [1.82, 2.24) is 10.2 Å². The number of fused-ring (bicyclic) bond motifs is 3. The molecule has 3 aliphatic rings. The zero-order valence-corrected chi connectivity index (χ0v) is 17.8. The molecule has 3 aromatic carbocycles. The van der Waals surface area contributed by atoms with Crippen molar-refractivity contribution in [1.29, 1.82) is 0 Å². The lowest BCUT2D eigenvalue weighted by Crippen LogP contribution is -2.29. The summed E-state index contributed by atoms with van der Waals surface area (Å²) in [6.07, 6.45) is 0. The van der Waals surface area contributed by atoms with Crippen molar-refractivity contribution < 1.29 is 19.2 Å². The van der Waals surface area contributed by atoms with Gasteiger partial charge in [0.2, 0.25) is 0 Å². The number of hydrogen-bond donors (Lipinski definition) is 2. The third-order valence-corrected chi connectivity index (χ3v) is 6.39. The fraction of sp³-hybridized carbons (Fsp3) is 0.0370. The van der Waals surface area contributed by atoms with Gasteiger partial charge in [-0.15, -0.1) is 0 Å². The Bertz CT molecular complexity index is 1490. The van der Waals surface area contributed by atoms with E-state index in [-0.39, 0.29) is 41.0 Å². The molecule has 0 bridgehead atoms. The number of nitrogens with two attached hydrogens (primary N) is 1. The predicted molar refractivity (Wildman–Crippen MR) is 124 cm³/mol. The van der Waals surface area contributed by atoms with Crippen LogP contribution in [0.5, 0.6) is 0 Å². The number of hydrogen-bond acceptors (Lipinski definition) is 5. The number of amides is 3. The van der Waals surface area contributed by atoms with Gasteiger partial charge in [-0.1, -0.05) is 60.7 Å². The largest absolute Gasteiger partial charge is 0.398 e. The fourth-order valence-corrected chi connectivity index (χ4v) is 4.71. The van der Waals surface area contributed by atoms with Crippen molar-refractivity contribution in [2.75, 3.05) is 0 Å². The minimum atomic E-state index is -0.416. The van der Waals surface area contributed by atoms with Gasteiger partial charge in [-0.3, -0.25) is 24.1 Å². The molecule has 3 aromatic rings. The van der Waals surface area contributed by atoms with Crippen LogP contribution in [-0.4, -0.2) is 28.4 Å². The molecule has 0 unspecified atom stereocenters. The molecule has 7 heteroatoms. The summed E-state index contributed by atoms with van der Waals surface area (Å²) < 4.78 is 0. The average molecular weight is 447 g/mol. The molecule has 0 saturated heterocycles. The predicted octanol–water partition coefficient (Wildman–Crippen LogP) is 2.89. The van der Waals surface area contributed by atoms with Crippen LogP contribution in [0.2, 0.25) is 0 Å². The van der Waals surface area contributed by atoms with Gasteiger partial charge >= 0.3 is 0 Å². The van der Waals surface area contributed by atoms with E-state index in [9.17, 15) is 19.2 Å². The molecule has 3 amide bonds. The van der Waals surface area contributed by atoms with Gasteiger partial charge in [0.05, 0.1) is 40.2 Å². The summed E-state index contributed by atoms with van der Waals surface area (Å²) in [7, 11) is 0. The first-order chi connectivity index (χ1) is 16.5. The SMILES string of the molecule is NC1=C2C(=O)NC(c3ccc(CN4C(=O)c5ccccc5C4=O)cc3)=C2C(=O)c2ccccc21. The van der Waals surface area contributed by atoms with Gasteiger partial charge < -0.3 is 11.1 Å². The Balaban J connectivity index is 1.34. The number of imide groups is 1. The molecule has 0 atom stereocenters. The van der Waals surface area contributed by atoms with E-state index in [4.69, 9.17) is 5.73 Å². The minimum Gasteiger partial charge on any atom is -0.398 e. The van der Waals surface area contributed by atoms with Crippen LogP contribution in [-0.2, 0) is 11.3 Å². The molecule has 164 valence electrons. The van der Waals surface area contributed by atoms with Crippen molar-refractivity contribution in [3.05, 3.63) is 117 Å².